The Hall–Kier alpha value is -1.30. The lowest BCUT2D eigenvalue weighted by molar-refractivity contribution is -0.138. The molecule has 0 aliphatic carbocycles. The van der Waals surface area contributed by atoms with E-state index in [2.05, 4.69) is 5.32 Å². The van der Waals surface area contributed by atoms with Crippen LogP contribution in [-0.2, 0) is 33.3 Å². The summed E-state index contributed by atoms with van der Waals surface area (Å²) in [5.74, 6) is -1.24. The summed E-state index contributed by atoms with van der Waals surface area (Å²) in [5, 5.41) is 19.6. The lowest BCUT2D eigenvalue weighted by Crippen LogP contribution is -2.25. The van der Waals surface area contributed by atoms with Crippen molar-refractivity contribution in [3.05, 3.63) is 0 Å². The van der Waals surface area contributed by atoms with Gasteiger partial charge in [0.05, 0.1) is 72.5 Å². The second-order valence-corrected chi connectivity index (χ2v) is 5.38. The van der Waals surface area contributed by atoms with Gasteiger partial charge in [0, 0.05) is 19.6 Å². The molecule has 10 heteroatoms. The Kier molecular flexibility index (Phi) is 20.0. The molecule has 160 valence electrons. The Labute approximate surface area is 160 Å². The van der Waals surface area contributed by atoms with Gasteiger partial charge in [-0.3, -0.25) is 9.59 Å². The van der Waals surface area contributed by atoms with Gasteiger partial charge in [-0.1, -0.05) is 0 Å². The molecule has 0 aromatic rings. The molecular weight excluding hydrogens is 362 g/mol. The first-order valence-corrected chi connectivity index (χ1v) is 9.15. The third-order valence-corrected chi connectivity index (χ3v) is 3.08. The average Bonchev–Trinajstić information content (AvgIpc) is 2.65. The van der Waals surface area contributed by atoms with E-state index in [1.807, 2.05) is 0 Å². The predicted octanol–water partition coefficient (Wildman–Crippen LogP) is -0.567. The molecule has 0 saturated heterocycles. The molecule has 0 aliphatic rings. The van der Waals surface area contributed by atoms with Gasteiger partial charge in [0.15, 0.2) is 0 Å². The normalized spacial score (nSPS) is 10.9. The zero-order chi connectivity index (χ0) is 20.0. The lowest BCUT2D eigenvalue weighted by atomic mass is 10.3. The molecule has 0 saturated carbocycles. The third kappa shape index (κ3) is 22.7. The fourth-order valence-corrected chi connectivity index (χ4v) is 1.76. The number of ether oxygens (including phenoxy) is 5. The van der Waals surface area contributed by atoms with Crippen LogP contribution in [-0.4, -0.2) is 101 Å². The molecule has 0 radical (unpaired) electrons. The molecule has 27 heavy (non-hydrogen) atoms. The number of carboxylic acid groups (broad SMARTS) is 1. The van der Waals surface area contributed by atoms with Crippen LogP contribution in [0.3, 0.4) is 0 Å². The van der Waals surface area contributed by atoms with Gasteiger partial charge in [0.2, 0.25) is 5.91 Å². The van der Waals surface area contributed by atoms with Crippen molar-refractivity contribution in [2.75, 3.05) is 79.2 Å². The Morgan fingerprint density at radius 2 is 1.11 bits per heavy atom. The van der Waals surface area contributed by atoms with Crippen LogP contribution in [0.5, 0.6) is 0 Å². The molecule has 0 aliphatic heterocycles. The molecule has 0 aromatic heterocycles. The molecular formula is C17H33NO9. The van der Waals surface area contributed by atoms with E-state index in [1.165, 1.54) is 0 Å². The van der Waals surface area contributed by atoms with E-state index in [9.17, 15) is 9.59 Å². The molecule has 0 rings (SSSR count). The first kappa shape index (κ1) is 25.7. The van der Waals surface area contributed by atoms with Gasteiger partial charge in [-0.25, -0.2) is 0 Å². The minimum Gasteiger partial charge on any atom is -0.481 e. The number of carboxylic acids is 1. The Bertz CT molecular complexity index is 355. The molecule has 10 nitrogen and oxygen atoms in total. The van der Waals surface area contributed by atoms with E-state index in [1.54, 1.807) is 0 Å². The van der Waals surface area contributed by atoms with Crippen LogP contribution >= 0.6 is 0 Å². The van der Waals surface area contributed by atoms with Crippen molar-refractivity contribution in [2.24, 2.45) is 0 Å². The molecule has 0 fully saturated rings. The van der Waals surface area contributed by atoms with Crippen LogP contribution in [0.2, 0.25) is 0 Å². The monoisotopic (exact) mass is 395 g/mol. The highest BCUT2D eigenvalue weighted by atomic mass is 16.6. The maximum absolute atomic E-state index is 11.3. The van der Waals surface area contributed by atoms with Crippen molar-refractivity contribution >= 4 is 11.9 Å². The van der Waals surface area contributed by atoms with Gasteiger partial charge in [-0.2, -0.15) is 0 Å². The average molecular weight is 395 g/mol. The van der Waals surface area contributed by atoms with E-state index >= 15 is 0 Å². The number of nitrogens with one attached hydrogen (secondary N) is 1. The summed E-state index contributed by atoms with van der Waals surface area (Å²) in [5.41, 5.74) is 0. The Morgan fingerprint density at radius 3 is 1.56 bits per heavy atom. The minimum absolute atomic E-state index is 0.00271. The van der Waals surface area contributed by atoms with Gasteiger partial charge in [0.1, 0.15) is 0 Å². The lowest BCUT2D eigenvalue weighted by Gasteiger charge is -2.08. The maximum atomic E-state index is 11.3. The molecule has 0 bridgehead atoms. The summed E-state index contributed by atoms with van der Waals surface area (Å²) in [6.45, 7) is 5.09. The number of aliphatic hydroxyl groups is 1. The van der Waals surface area contributed by atoms with Gasteiger partial charge in [-0.15, -0.1) is 0 Å². The fourth-order valence-electron chi connectivity index (χ4n) is 1.76. The largest absolute Gasteiger partial charge is 0.481 e. The summed E-state index contributed by atoms with van der Waals surface area (Å²) in [6, 6.07) is 0. The van der Waals surface area contributed by atoms with Crippen LogP contribution in [0.1, 0.15) is 19.3 Å². The molecule has 0 heterocycles. The van der Waals surface area contributed by atoms with Crippen LogP contribution in [0.4, 0.5) is 0 Å². The number of aliphatic carboxylic acids is 1. The van der Waals surface area contributed by atoms with Crippen molar-refractivity contribution in [3.8, 4) is 0 Å². The first-order valence-electron chi connectivity index (χ1n) is 9.15. The summed E-state index contributed by atoms with van der Waals surface area (Å²) >= 11 is 0. The van der Waals surface area contributed by atoms with Crippen molar-refractivity contribution in [3.63, 3.8) is 0 Å². The Morgan fingerprint density at radius 1 is 0.667 bits per heavy atom. The van der Waals surface area contributed by atoms with Gasteiger partial charge in [-0.05, 0) is 6.42 Å². The van der Waals surface area contributed by atoms with Crippen molar-refractivity contribution in [2.45, 2.75) is 19.3 Å². The minimum atomic E-state index is -0.979. The van der Waals surface area contributed by atoms with Crippen LogP contribution in [0, 0.1) is 0 Å². The fraction of sp³-hybridized carbons (Fsp3) is 0.882. The first-order chi connectivity index (χ1) is 13.2. The quantitative estimate of drug-likeness (QED) is 0.219. The Balaban J connectivity index is 3.09. The molecule has 0 aromatic carbocycles. The SMILES string of the molecule is O=C(O)CCC(=O)NCCCOCCOCCOCCOCCOCCO. The van der Waals surface area contributed by atoms with Gasteiger partial charge in [0.25, 0.3) is 0 Å². The van der Waals surface area contributed by atoms with E-state index in [0.29, 0.717) is 79.0 Å². The van der Waals surface area contributed by atoms with E-state index in [-0.39, 0.29) is 25.4 Å². The zero-order valence-electron chi connectivity index (χ0n) is 15.9. The number of hydrogen-bond donors (Lipinski definition) is 3. The molecule has 0 atom stereocenters. The standard InChI is InChI=1S/C17H33NO9/c19-5-7-24-9-11-26-13-15-27-14-12-25-10-8-23-6-1-4-18-16(20)2-3-17(21)22/h19H,1-15H2,(H,18,20)(H,21,22). The van der Waals surface area contributed by atoms with E-state index in [0.717, 1.165) is 0 Å². The molecule has 0 spiro atoms. The smallest absolute Gasteiger partial charge is 0.303 e. The molecule has 0 unspecified atom stereocenters. The number of amides is 1. The predicted molar refractivity (Wildman–Crippen MR) is 95.7 cm³/mol. The number of aliphatic hydroxyl groups excluding tert-OH is 1. The highest BCUT2D eigenvalue weighted by Crippen LogP contribution is 1.89. The van der Waals surface area contributed by atoms with Crippen LogP contribution in [0.25, 0.3) is 0 Å². The zero-order valence-corrected chi connectivity index (χ0v) is 15.9. The topological polar surface area (TPSA) is 133 Å². The molecule has 1 amide bonds. The van der Waals surface area contributed by atoms with Crippen LogP contribution in [0.15, 0.2) is 0 Å². The number of carbonyl (C=O) groups excluding carboxylic acids is 1. The molecule has 3 N–H and O–H groups in total. The summed E-state index contributed by atoms with van der Waals surface area (Å²) in [4.78, 5) is 21.6. The highest BCUT2D eigenvalue weighted by Gasteiger charge is 2.04. The maximum Gasteiger partial charge on any atom is 0.303 e. The van der Waals surface area contributed by atoms with Crippen molar-refractivity contribution in [1.82, 2.24) is 5.32 Å². The summed E-state index contributed by atoms with van der Waals surface area (Å²) in [6.07, 6.45) is 0.501. The number of carbonyl (C=O) groups is 2. The van der Waals surface area contributed by atoms with Crippen molar-refractivity contribution < 1.29 is 43.5 Å². The second kappa shape index (κ2) is 21.0. The van der Waals surface area contributed by atoms with Crippen LogP contribution < -0.4 is 5.32 Å². The second-order valence-electron chi connectivity index (χ2n) is 5.38. The van der Waals surface area contributed by atoms with Crippen molar-refractivity contribution in [1.29, 1.82) is 0 Å². The van der Waals surface area contributed by atoms with Gasteiger partial charge < -0.3 is 39.2 Å². The number of hydrogen-bond acceptors (Lipinski definition) is 8. The number of rotatable bonds is 21. The third-order valence-electron chi connectivity index (χ3n) is 3.08. The highest BCUT2D eigenvalue weighted by molar-refractivity contribution is 5.80. The van der Waals surface area contributed by atoms with E-state index in [4.69, 9.17) is 33.9 Å². The van der Waals surface area contributed by atoms with E-state index < -0.39 is 5.97 Å². The summed E-state index contributed by atoms with van der Waals surface area (Å²) in [7, 11) is 0. The van der Waals surface area contributed by atoms with Gasteiger partial charge >= 0.3 is 5.97 Å². The summed E-state index contributed by atoms with van der Waals surface area (Å²) < 4.78 is 26.3.